The van der Waals surface area contributed by atoms with Gasteiger partial charge in [0.05, 0.1) is 0 Å². The van der Waals surface area contributed by atoms with E-state index in [1.54, 1.807) is 0 Å². The van der Waals surface area contributed by atoms with Crippen LogP contribution in [0.4, 0.5) is 9.59 Å². The average Bonchev–Trinajstić information content (AvgIpc) is 1.63. The second-order valence-electron chi connectivity index (χ2n) is 1.39. The first-order chi connectivity index (χ1) is 4.13. The molecule has 0 atom stereocenters. The number of ether oxygens (including phenoxy) is 2. The van der Waals surface area contributed by atoms with Gasteiger partial charge in [0.2, 0.25) is 0 Å². The molecule has 0 aromatic carbocycles. The monoisotopic (exact) mass is 556 g/mol. The third kappa shape index (κ3) is 9.88. The Morgan fingerprint density at radius 1 is 1.11 bits per heavy atom. The molecule has 44 valence electrons. The Morgan fingerprint density at radius 2 is 1.44 bits per heavy atom. The molecule has 9 heavy (non-hydrogen) atoms. The summed E-state index contributed by atoms with van der Waals surface area (Å²) in [5.41, 5.74) is 0. The first-order valence-electron chi connectivity index (χ1n) is 2.39. The van der Waals surface area contributed by atoms with Crippen LogP contribution in [-0.2, 0) is 9.47 Å². The van der Waals surface area contributed by atoms with E-state index < -0.39 is 0 Å². The van der Waals surface area contributed by atoms with E-state index >= 15 is 0 Å². The molecule has 4 nitrogen and oxygen atoms in total. The van der Waals surface area contributed by atoms with Crippen molar-refractivity contribution < 1.29 is 105 Å². The van der Waals surface area contributed by atoms with E-state index in [2.05, 4.69) is 9.47 Å². The van der Waals surface area contributed by atoms with Gasteiger partial charge in [-0.2, -0.15) is 0 Å². The molecule has 0 unspecified atom stereocenters. The molecule has 0 rings (SSSR count). The van der Waals surface area contributed by atoms with Crippen LogP contribution >= 0.6 is 0 Å². The number of carbonyl (C=O) groups is 2. The summed E-state index contributed by atoms with van der Waals surface area (Å²) in [6.45, 7) is -0.172. The van der Waals surface area contributed by atoms with E-state index in [9.17, 15) is 9.59 Å². The van der Waals surface area contributed by atoms with E-state index in [1.807, 2.05) is 0 Å². The maximum atomic E-state index is 10.1. The van der Waals surface area contributed by atoms with E-state index in [1.165, 1.54) is 0 Å². The Balaban J connectivity index is 3.10. The Kier molecular flexibility index (Phi) is 7.95. The summed E-state index contributed by atoms with van der Waals surface area (Å²) in [6, 6.07) is 0. The van der Waals surface area contributed by atoms with Crippen molar-refractivity contribution >= 4 is 2.02 Å². The summed E-state index contributed by atoms with van der Waals surface area (Å²) < 4.78 is 8.41. The molecule has 0 aliphatic carbocycles. The molecule has 0 spiro atoms. The van der Waals surface area contributed by atoms with Crippen molar-refractivity contribution in [2.45, 2.75) is 0 Å². The van der Waals surface area contributed by atoms with Crippen molar-refractivity contribution in [3.8, 4) is 0 Å². The molecule has 0 bridgehead atoms. The van der Waals surface area contributed by atoms with Crippen molar-refractivity contribution in [3.05, 3.63) is 0 Å². The number of hydrogen-bond donors (Lipinski definition) is 0. The maximum absolute atomic E-state index is 10.1. The van der Waals surface area contributed by atoms with E-state index in [-0.39, 0.29) is 94.4 Å². The van der Waals surface area contributed by atoms with Crippen molar-refractivity contribution in [3.63, 3.8) is 0 Å². The second kappa shape index (κ2) is 6.58. The molecule has 0 aromatic rings. The van der Waals surface area contributed by atoms with E-state index in [0.717, 1.165) is 0 Å². The molecule has 0 aromatic heterocycles. The fourth-order valence-electron chi connectivity index (χ4n) is 0.195. The molecule has 6 heteroatoms. The fraction of sp³-hybridized carbons (Fsp3) is 0.333. The van der Waals surface area contributed by atoms with Gasteiger partial charge in [0.1, 0.15) is 0 Å². The van der Waals surface area contributed by atoms with Crippen LogP contribution in [0, 0.1) is 85.6 Å². The van der Waals surface area contributed by atoms with Gasteiger partial charge in [-0.1, -0.05) is 0 Å². The molecular formula is C3H4O4Ra2. The van der Waals surface area contributed by atoms with Gasteiger partial charge in [-0.25, -0.2) is 0 Å². The summed E-state index contributed by atoms with van der Waals surface area (Å²) in [5.74, 6) is 0. The zero-order valence-corrected chi connectivity index (χ0v) is 21.8. The van der Waals surface area contributed by atoms with Crippen LogP contribution in [0.25, 0.3) is 0 Å². The molecule has 0 aliphatic heterocycles. The summed E-state index contributed by atoms with van der Waals surface area (Å²) in [7, 11) is 0. The second-order valence-corrected chi connectivity index (χ2v) is 8.10. The normalized spacial score (nSPS) is 7.78. The summed E-state index contributed by atoms with van der Waals surface area (Å²) >= 11 is -0.502. The summed E-state index contributed by atoms with van der Waals surface area (Å²) in [5, 5.41) is 0. The fourth-order valence-corrected chi connectivity index (χ4v) is 1.16. The Hall–Kier alpha value is 1.88. The standard InChI is InChI=1S/C3H2O4.2Ra.2H/c4-1-6-3-7-2-5;;;;/h3H2;;;;. The van der Waals surface area contributed by atoms with Gasteiger partial charge >= 0.3 is 113 Å². The topological polar surface area (TPSA) is 52.6 Å². The molecule has 0 radical (unpaired) electrons. The molecular weight excluding hydrogens is 552 g/mol. The van der Waals surface area contributed by atoms with Crippen LogP contribution in [0.3, 0.4) is 0 Å². The summed E-state index contributed by atoms with van der Waals surface area (Å²) in [6.07, 6.45) is 0. The predicted molar refractivity (Wildman–Crippen MR) is 20.6 cm³/mol. The van der Waals surface area contributed by atoms with Crippen LogP contribution in [0.15, 0.2) is 0 Å². The summed E-state index contributed by atoms with van der Waals surface area (Å²) in [4.78, 5) is 20.3. The number of hydrogen-bond acceptors (Lipinski definition) is 4. The van der Waals surface area contributed by atoms with Crippen LogP contribution in [0.1, 0.15) is 0 Å². The van der Waals surface area contributed by atoms with Crippen LogP contribution in [0.2, 0.25) is 0 Å². The third-order valence-electron chi connectivity index (χ3n) is 0.524. The van der Waals surface area contributed by atoms with Crippen LogP contribution in [0.5, 0.6) is 0 Å². The van der Waals surface area contributed by atoms with Gasteiger partial charge in [-0.05, 0) is 0 Å². The van der Waals surface area contributed by atoms with Crippen LogP contribution < -0.4 is 0 Å². The minimum absolute atomic E-state index is 0.172. The van der Waals surface area contributed by atoms with Crippen molar-refractivity contribution in [2.75, 3.05) is 6.79 Å². The van der Waals surface area contributed by atoms with E-state index in [0.29, 0.717) is 0 Å². The Morgan fingerprint density at radius 3 is 1.67 bits per heavy atom. The minimum atomic E-state index is -0.251. The molecule has 0 N–H and O–H groups in total. The molecule has 0 aliphatic rings. The average molecular weight is 556 g/mol. The Labute approximate surface area is 111 Å². The Bertz CT molecular complexity index is 109. The molecule has 0 amide bonds. The number of rotatable bonds is 2. The SMILES string of the molecule is O=[C]([RaH])OCO[C](=O)[RaH]. The van der Waals surface area contributed by atoms with Crippen molar-refractivity contribution in [1.29, 1.82) is 0 Å². The zero-order chi connectivity index (χ0) is 7.28. The van der Waals surface area contributed by atoms with Gasteiger partial charge in [0, 0.05) is 0 Å². The number of carbonyl (C=O) groups excluding carboxylic acids is 2. The van der Waals surface area contributed by atoms with Gasteiger partial charge in [0.25, 0.3) is 0 Å². The molecule has 0 saturated carbocycles. The van der Waals surface area contributed by atoms with E-state index in [4.69, 9.17) is 0 Å². The van der Waals surface area contributed by atoms with Gasteiger partial charge < -0.3 is 0 Å². The van der Waals surface area contributed by atoms with Crippen LogP contribution in [-0.4, -0.2) is 8.81 Å². The predicted octanol–water partition coefficient (Wildman–Crippen LogP) is -0.220. The zero-order valence-electron chi connectivity index (χ0n) is 5.34. The van der Waals surface area contributed by atoms with Crippen molar-refractivity contribution in [1.82, 2.24) is 0 Å². The molecule has 0 heterocycles. The van der Waals surface area contributed by atoms with Gasteiger partial charge in [-0.15, -0.1) is 0 Å². The quantitative estimate of drug-likeness (QED) is 0.442. The molecule has 0 saturated heterocycles. The molecule has 0 fully saturated rings. The van der Waals surface area contributed by atoms with Crippen molar-refractivity contribution in [2.24, 2.45) is 0 Å². The first kappa shape index (κ1) is 10.9. The first-order valence-corrected chi connectivity index (χ1v) is 10.6. The van der Waals surface area contributed by atoms with Gasteiger partial charge in [0.15, 0.2) is 0 Å². The van der Waals surface area contributed by atoms with Gasteiger partial charge in [-0.3, -0.25) is 0 Å². The third-order valence-corrected chi connectivity index (χ3v) is 2.90.